The van der Waals surface area contributed by atoms with Crippen LogP contribution in [0.15, 0.2) is 60.7 Å². The normalized spacial score (nSPS) is 12.7. The number of benzene rings is 3. The van der Waals surface area contributed by atoms with E-state index in [2.05, 4.69) is 5.32 Å². The summed E-state index contributed by atoms with van der Waals surface area (Å²) in [6.07, 6.45) is 0. The minimum atomic E-state index is -0.335. The average Bonchev–Trinajstić information content (AvgIpc) is 3.01. The van der Waals surface area contributed by atoms with Crippen LogP contribution in [0.1, 0.15) is 47.8 Å². The number of hydrogen-bond acceptors (Lipinski definition) is 4. The molecule has 6 nitrogen and oxygen atoms in total. The Bertz CT molecular complexity index is 1160. The smallest absolute Gasteiger partial charge is 0.261 e. The van der Waals surface area contributed by atoms with Gasteiger partial charge in [0.1, 0.15) is 5.75 Å². The van der Waals surface area contributed by atoms with E-state index in [1.165, 1.54) is 12.0 Å². The lowest BCUT2D eigenvalue weighted by Gasteiger charge is -2.17. The Morgan fingerprint density at radius 1 is 0.903 bits per heavy atom. The van der Waals surface area contributed by atoms with E-state index in [1.54, 1.807) is 42.5 Å². The van der Waals surface area contributed by atoms with Crippen molar-refractivity contribution < 1.29 is 19.1 Å². The predicted octanol–water partition coefficient (Wildman–Crippen LogP) is 4.36. The first-order chi connectivity index (χ1) is 14.9. The highest BCUT2D eigenvalue weighted by Gasteiger charge is 2.35. The Hall–Kier alpha value is -3.93. The summed E-state index contributed by atoms with van der Waals surface area (Å²) in [5, 5.41) is 2.96. The molecule has 0 saturated heterocycles. The van der Waals surface area contributed by atoms with E-state index < -0.39 is 0 Å². The highest BCUT2D eigenvalue weighted by atomic mass is 16.5. The fourth-order valence-electron chi connectivity index (χ4n) is 3.79. The topological polar surface area (TPSA) is 75.7 Å². The molecule has 0 aliphatic carbocycles. The van der Waals surface area contributed by atoms with Crippen LogP contribution < -0.4 is 10.1 Å². The molecule has 3 aromatic carbocycles. The maximum absolute atomic E-state index is 13.1. The lowest BCUT2D eigenvalue weighted by molar-refractivity contribution is 0.0642. The molecular formula is C25H22N2O4. The number of ether oxygens (including phenoxy) is 1. The van der Waals surface area contributed by atoms with Gasteiger partial charge in [-0.05, 0) is 54.8 Å². The molecule has 31 heavy (non-hydrogen) atoms. The predicted molar refractivity (Wildman–Crippen MR) is 118 cm³/mol. The van der Waals surface area contributed by atoms with Crippen molar-refractivity contribution >= 4 is 23.4 Å². The zero-order valence-corrected chi connectivity index (χ0v) is 17.6. The van der Waals surface area contributed by atoms with Gasteiger partial charge in [0.2, 0.25) is 0 Å². The molecule has 1 aliphatic heterocycles. The first kappa shape index (κ1) is 20.3. The largest absolute Gasteiger partial charge is 0.496 e. The Morgan fingerprint density at radius 2 is 1.52 bits per heavy atom. The monoisotopic (exact) mass is 414 g/mol. The van der Waals surface area contributed by atoms with Crippen LogP contribution in [0.4, 0.5) is 5.69 Å². The molecule has 0 unspecified atom stereocenters. The molecule has 6 heteroatoms. The molecule has 4 rings (SSSR count). The summed E-state index contributed by atoms with van der Waals surface area (Å²) in [5.74, 6) is -0.579. The van der Waals surface area contributed by atoms with E-state index >= 15 is 0 Å². The summed E-state index contributed by atoms with van der Waals surface area (Å²) in [7, 11) is 1.50. The highest BCUT2D eigenvalue weighted by molar-refractivity contribution is 6.21. The van der Waals surface area contributed by atoms with E-state index in [-0.39, 0.29) is 24.3 Å². The number of aryl methyl sites for hydroxylation is 2. The number of amides is 3. The molecule has 0 saturated carbocycles. The molecular weight excluding hydrogens is 392 g/mol. The summed E-state index contributed by atoms with van der Waals surface area (Å²) < 4.78 is 5.37. The standard InChI is InChI=1S/C25H22N2O4/c1-15-7-6-8-16(2)22(15)26-23(28)20-13-17(11-12-21(20)31-3)14-27-24(29)18-9-4-5-10-19(18)25(27)30/h4-13H,14H2,1-3H3,(H,26,28). The van der Waals surface area contributed by atoms with Gasteiger partial charge in [-0.15, -0.1) is 0 Å². The van der Waals surface area contributed by atoms with Gasteiger partial charge in [-0.1, -0.05) is 36.4 Å². The van der Waals surface area contributed by atoms with Crippen LogP contribution in [-0.2, 0) is 6.54 Å². The van der Waals surface area contributed by atoms with Crippen molar-refractivity contribution in [2.24, 2.45) is 0 Å². The van der Waals surface area contributed by atoms with Crippen molar-refractivity contribution in [2.75, 3.05) is 12.4 Å². The first-order valence-corrected chi connectivity index (χ1v) is 9.90. The van der Waals surface area contributed by atoms with E-state index in [4.69, 9.17) is 4.74 Å². The molecule has 3 aromatic rings. The Balaban J connectivity index is 1.62. The first-order valence-electron chi connectivity index (χ1n) is 9.90. The SMILES string of the molecule is COc1ccc(CN2C(=O)c3ccccc3C2=O)cc1C(=O)Nc1c(C)cccc1C. The Morgan fingerprint density at radius 3 is 2.10 bits per heavy atom. The van der Waals surface area contributed by atoms with Gasteiger partial charge < -0.3 is 10.1 Å². The number of para-hydroxylation sites is 1. The summed E-state index contributed by atoms with van der Waals surface area (Å²) in [4.78, 5) is 39.6. The summed E-state index contributed by atoms with van der Waals surface area (Å²) >= 11 is 0. The van der Waals surface area contributed by atoms with Crippen LogP contribution >= 0.6 is 0 Å². The molecule has 1 N–H and O–H groups in total. The number of nitrogens with zero attached hydrogens (tertiary/aromatic N) is 1. The number of imide groups is 1. The molecule has 0 spiro atoms. The number of rotatable bonds is 5. The van der Waals surface area contributed by atoms with E-state index in [0.717, 1.165) is 16.8 Å². The maximum atomic E-state index is 13.1. The highest BCUT2D eigenvalue weighted by Crippen LogP contribution is 2.28. The lowest BCUT2D eigenvalue weighted by atomic mass is 10.1. The number of carbonyl (C=O) groups excluding carboxylic acids is 3. The van der Waals surface area contributed by atoms with Crippen molar-refractivity contribution in [1.82, 2.24) is 4.90 Å². The number of hydrogen-bond donors (Lipinski definition) is 1. The molecule has 0 fully saturated rings. The third-order valence-corrected chi connectivity index (χ3v) is 5.45. The Labute approximate surface area is 180 Å². The number of anilines is 1. The van der Waals surface area contributed by atoms with E-state index in [0.29, 0.717) is 28.0 Å². The van der Waals surface area contributed by atoms with Gasteiger partial charge in [0.05, 0.1) is 30.3 Å². The van der Waals surface area contributed by atoms with Crippen molar-refractivity contribution in [3.05, 3.63) is 94.0 Å². The molecule has 3 amide bonds. The van der Waals surface area contributed by atoms with Gasteiger partial charge in [0.25, 0.3) is 17.7 Å². The zero-order valence-electron chi connectivity index (χ0n) is 17.6. The van der Waals surface area contributed by atoms with Crippen LogP contribution in [0, 0.1) is 13.8 Å². The summed E-state index contributed by atoms with van der Waals surface area (Å²) in [6.45, 7) is 3.93. The Kier molecular flexibility index (Phi) is 5.29. The van der Waals surface area contributed by atoms with Crippen LogP contribution in [0.5, 0.6) is 5.75 Å². The average molecular weight is 414 g/mol. The molecule has 1 aliphatic rings. The second-order valence-corrected chi connectivity index (χ2v) is 7.50. The second kappa shape index (κ2) is 8.07. The number of fused-ring (bicyclic) bond motifs is 1. The quantitative estimate of drug-likeness (QED) is 0.630. The van der Waals surface area contributed by atoms with Crippen LogP contribution in [0.3, 0.4) is 0 Å². The van der Waals surface area contributed by atoms with Crippen molar-refractivity contribution in [1.29, 1.82) is 0 Å². The minimum absolute atomic E-state index is 0.0695. The van der Waals surface area contributed by atoms with Crippen LogP contribution in [0.2, 0.25) is 0 Å². The van der Waals surface area contributed by atoms with Gasteiger partial charge in [-0.3, -0.25) is 19.3 Å². The molecule has 1 heterocycles. The molecule has 156 valence electrons. The molecule has 0 atom stereocenters. The van der Waals surface area contributed by atoms with Crippen LogP contribution in [-0.4, -0.2) is 29.7 Å². The lowest BCUT2D eigenvalue weighted by Crippen LogP contribution is -2.29. The van der Waals surface area contributed by atoms with Gasteiger partial charge in [0, 0.05) is 5.69 Å². The fourth-order valence-corrected chi connectivity index (χ4v) is 3.79. The molecule has 0 aromatic heterocycles. The van der Waals surface area contributed by atoms with Crippen molar-refractivity contribution in [3.63, 3.8) is 0 Å². The van der Waals surface area contributed by atoms with E-state index in [9.17, 15) is 14.4 Å². The van der Waals surface area contributed by atoms with Crippen LogP contribution in [0.25, 0.3) is 0 Å². The van der Waals surface area contributed by atoms with Gasteiger partial charge in [-0.2, -0.15) is 0 Å². The third-order valence-electron chi connectivity index (χ3n) is 5.45. The van der Waals surface area contributed by atoms with Crippen molar-refractivity contribution in [3.8, 4) is 5.75 Å². The molecule has 0 bridgehead atoms. The summed E-state index contributed by atoms with van der Waals surface area (Å²) in [6, 6.07) is 17.6. The number of nitrogens with one attached hydrogen (secondary N) is 1. The fraction of sp³-hybridized carbons (Fsp3) is 0.160. The van der Waals surface area contributed by atoms with Gasteiger partial charge in [0.15, 0.2) is 0 Å². The number of methoxy groups -OCH3 is 1. The van der Waals surface area contributed by atoms with E-state index in [1.807, 2.05) is 32.0 Å². The summed E-state index contributed by atoms with van der Waals surface area (Å²) in [5.41, 5.74) is 4.44. The molecule has 0 radical (unpaired) electrons. The number of carbonyl (C=O) groups is 3. The van der Waals surface area contributed by atoms with Gasteiger partial charge >= 0.3 is 0 Å². The zero-order chi connectivity index (χ0) is 22.1. The van der Waals surface area contributed by atoms with Crippen molar-refractivity contribution in [2.45, 2.75) is 20.4 Å². The maximum Gasteiger partial charge on any atom is 0.261 e. The van der Waals surface area contributed by atoms with Gasteiger partial charge in [-0.25, -0.2) is 0 Å². The third kappa shape index (κ3) is 3.68. The second-order valence-electron chi connectivity index (χ2n) is 7.50. The minimum Gasteiger partial charge on any atom is -0.496 e.